The molecular formula is C27H35N5O3. The Hall–Kier alpha value is -3.23. The van der Waals surface area contributed by atoms with Crippen LogP contribution in [-0.2, 0) is 11.3 Å². The average Bonchev–Trinajstić information content (AvgIpc) is 3.23. The van der Waals surface area contributed by atoms with Crippen molar-refractivity contribution in [3.63, 3.8) is 0 Å². The molecule has 0 saturated carbocycles. The second-order valence-electron chi connectivity index (χ2n) is 9.48. The number of aromatic nitrogens is 4. The maximum absolute atomic E-state index is 12.8. The molecule has 1 aromatic carbocycles. The van der Waals surface area contributed by atoms with E-state index in [1.165, 1.54) is 0 Å². The third-order valence-electron chi connectivity index (χ3n) is 6.65. The van der Waals surface area contributed by atoms with E-state index >= 15 is 0 Å². The number of imidazole rings is 1. The summed E-state index contributed by atoms with van der Waals surface area (Å²) in [6.45, 7) is 13.7. The predicted octanol–water partition coefficient (Wildman–Crippen LogP) is 1.38. The van der Waals surface area contributed by atoms with Crippen LogP contribution in [0.25, 0.3) is 12.2 Å². The van der Waals surface area contributed by atoms with E-state index in [9.17, 15) is 9.59 Å². The van der Waals surface area contributed by atoms with Crippen molar-refractivity contribution in [3.05, 3.63) is 84.0 Å². The van der Waals surface area contributed by atoms with Crippen LogP contribution in [0.1, 0.15) is 54.3 Å². The van der Waals surface area contributed by atoms with Gasteiger partial charge in [-0.15, -0.1) is 0 Å². The highest BCUT2D eigenvalue weighted by atomic mass is 16.5. The Balaban J connectivity index is 1.62. The SMILES string of the molecule is Cc1cccc(/C=c2\[nH]c(=O)/c(=C/c3ncn(CCCN4CCOCC4)c3C(C)C)[nH]c2=O)c1C. The van der Waals surface area contributed by atoms with Crippen LogP contribution >= 0.6 is 0 Å². The first-order chi connectivity index (χ1) is 16.8. The van der Waals surface area contributed by atoms with Crippen molar-refractivity contribution in [2.45, 2.75) is 46.6 Å². The molecule has 0 radical (unpaired) electrons. The highest BCUT2D eigenvalue weighted by Gasteiger charge is 2.15. The Morgan fingerprint density at radius 3 is 2.40 bits per heavy atom. The third kappa shape index (κ3) is 5.89. The summed E-state index contributed by atoms with van der Waals surface area (Å²) in [5, 5.41) is 0.437. The number of aryl methyl sites for hydroxylation is 2. The number of rotatable bonds is 7. The molecule has 0 atom stereocenters. The summed E-state index contributed by atoms with van der Waals surface area (Å²) >= 11 is 0. The molecule has 8 heteroatoms. The average molecular weight is 478 g/mol. The highest BCUT2D eigenvalue weighted by Crippen LogP contribution is 2.20. The van der Waals surface area contributed by atoms with Gasteiger partial charge in [-0.25, -0.2) is 4.98 Å². The van der Waals surface area contributed by atoms with Crippen molar-refractivity contribution in [2.75, 3.05) is 32.8 Å². The molecule has 3 heterocycles. The Morgan fingerprint density at radius 2 is 1.71 bits per heavy atom. The molecule has 1 fully saturated rings. The summed E-state index contributed by atoms with van der Waals surface area (Å²) in [7, 11) is 0. The van der Waals surface area contributed by atoms with Crippen LogP contribution in [-0.4, -0.2) is 57.3 Å². The molecule has 0 amide bonds. The Kier molecular flexibility index (Phi) is 7.83. The molecule has 1 aliphatic rings. The van der Waals surface area contributed by atoms with Gasteiger partial charge in [0.1, 0.15) is 10.7 Å². The van der Waals surface area contributed by atoms with Crippen molar-refractivity contribution in [1.82, 2.24) is 24.4 Å². The fraction of sp³-hybridized carbons (Fsp3) is 0.444. The number of hydrogen-bond acceptors (Lipinski definition) is 5. The molecule has 2 N–H and O–H groups in total. The lowest BCUT2D eigenvalue weighted by atomic mass is 10.0. The van der Waals surface area contributed by atoms with Crippen molar-refractivity contribution >= 4 is 12.2 Å². The van der Waals surface area contributed by atoms with Crippen molar-refractivity contribution < 1.29 is 4.74 Å². The van der Waals surface area contributed by atoms with Gasteiger partial charge in [-0.1, -0.05) is 32.0 Å². The van der Waals surface area contributed by atoms with Gasteiger partial charge in [-0.2, -0.15) is 0 Å². The van der Waals surface area contributed by atoms with Gasteiger partial charge in [0.2, 0.25) is 0 Å². The first-order valence-electron chi connectivity index (χ1n) is 12.3. The monoisotopic (exact) mass is 477 g/mol. The predicted molar refractivity (Wildman–Crippen MR) is 138 cm³/mol. The normalized spacial score (nSPS) is 15.9. The fourth-order valence-electron chi connectivity index (χ4n) is 4.53. The Bertz CT molecular complexity index is 1410. The molecule has 0 spiro atoms. The molecule has 1 saturated heterocycles. The first-order valence-corrected chi connectivity index (χ1v) is 12.3. The number of nitrogens with one attached hydrogen (secondary N) is 2. The van der Waals surface area contributed by atoms with E-state index < -0.39 is 0 Å². The number of ether oxygens (including phenoxy) is 1. The lowest BCUT2D eigenvalue weighted by Crippen LogP contribution is -2.46. The van der Waals surface area contributed by atoms with E-state index in [1.54, 1.807) is 12.2 Å². The number of benzene rings is 1. The van der Waals surface area contributed by atoms with Crippen molar-refractivity contribution in [1.29, 1.82) is 0 Å². The highest BCUT2D eigenvalue weighted by molar-refractivity contribution is 5.54. The van der Waals surface area contributed by atoms with Gasteiger partial charge in [-0.3, -0.25) is 14.5 Å². The number of hydrogen-bond donors (Lipinski definition) is 2. The first kappa shape index (κ1) is 24.9. The molecule has 35 heavy (non-hydrogen) atoms. The second-order valence-corrected chi connectivity index (χ2v) is 9.48. The largest absolute Gasteiger partial charge is 0.379 e. The van der Waals surface area contributed by atoms with Crippen LogP contribution in [0.2, 0.25) is 0 Å². The standard InChI is InChI=1S/C27H35N5O3/c1-18(2)25-22(28-17-32(25)10-6-9-31-11-13-35-14-12-31)16-24-27(34)29-23(26(33)30-24)15-21-8-5-7-19(3)20(21)4/h5,7-8,15-18H,6,9-14H2,1-4H3,(H,29,34)(H,30,33)/b23-15-,24-16-. The zero-order chi connectivity index (χ0) is 24.9. The van der Waals surface area contributed by atoms with Gasteiger partial charge in [0.05, 0.1) is 25.2 Å². The summed E-state index contributed by atoms with van der Waals surface area (Å²) in [5.41, 5.74) is 4.18. The molecular weight excluding hydrogens is 442 g/mol. The minimum atomic E-state index is -0.349. The van der Waals surface area contributed by atoms with E-state index in [0.717, 1.165) is 68.2 Å². The Morgan fingerprint density at radius 1 is 1.03 bits per heavy atom. The summed E-state index contributed by atoms with van der Waals surface area (Å²) in [6, 6.07) is 5.89. The summed E-state index contributed by atoms with van der Waals surface area (Å²) in [6.07, 6.45) is 6.23. The third-order valence-corrected chi connectivity index (χ3v) is 6.65. The lowest BCUT2D eigenvalue weighted by Gasteiger charge is -2.26. The fourth-order valence-corrected chi connectivity index (χ4v) is 4.53. The number of morpholine rings is 1. The molecule has 0 unspecified atom stereocenters. The van der Waals surface area contributed by atoms with E-state index in [0.29, 0.717) is 5.69 Å². The molecule has 0 bridgehead atoms. The van der Waals surface area contributed by atoms with E-state index in [4.69, 9.17) is 4.74 Å². The van der Waals surface area contributed by atoms with Gasteiger partial charge < -0.3 is 19.3 Å². The lowest BCUT2D eigenvalue weighted by molar-refractivity contribution is 0.0369. The number of H-pyrrole nitrogens is 2. The molecule has 186 valence electrons. The maximum atomic E-state index is 12.8. The van der Waals surface area contributed by atoms with Crippen LogP contribution in [0.3, 0.4) is 0 Å². The molecule has 8 nitrogen and oxygen atoms in total. The van der Waals surface area contributed by atoms with Crippen LogP contribution in [0.5, 0.6) is 0 Å². The minimum absolute atomic E-state index is 0.202. The summed E-state index contributed by atoms with van der Waals surface area (Å²) in [5.74, 6) is 0.217. The second kappa shape index (κ2) is 11.0. The molecule has 1 aliphatic heterocycles. The van der Waals surface area contributed by atoms with E-state index in [2.05, 4.69) is 38.3 Å². The van der Waals surface area contributed by atoms with Crippen molar-refractivity contribution in [2.24, 2.45) is 0 Å². The van der Waals surface area contributed by atoms with Crippen LogP contribution in [0, 0.1) is 13.8 Å². The molecule has 3 aromatic rings. The topological polar surface area (TPSA) is 96.0 Å². The van der Waals surface area contributed by atoms with Gasteiger partial charge in [-0.05, 0) is 55.0 Å². The van der Waals surface area contributed by atoms with Gasteiger partial charge in [0.15, 0.2) is 0 Å². The Labute approximate surface area is 205 Å². The summed E-state index contributed by atoms with van der Waals surface area (Å²) in [4.78, 5) is 38.1. The van der Waals surface area contributed by atoms with Crippen LogP contribution in [0.15, 0.2) is 34.1 Å². The maximum Gasteiger partial charge on any atom is 0.272 e. The number of nitrogens with zero attached hydrogens (tertiary/aromatic N) is 3. The van der Waals surface area contributed by atoms with E-state index in [1.807, 2.05) is 38.4 Å². The molecule has 2 aromatic heterocycles. The smallest absolute Gasteiger partial charge is 0.272 e. The minimum Gasteiger partial charge on any atom is -0.379 e. The summed E-state index contributed by atoms with van der Waals surface area (Å²) < 4.78 is 7.58. The van der Waals surface area contributed by atoms with Crippen LogP contribution < -0.4 is 21.8 Å². The van der Waals surface area contributed by atoms with Gasteiger partial charge in [0.25, 0.3) is 11.1 Å². The van der Waals surface area contributed by atoms with Gasteiger partial charge >= 0.3 is 0 Å². The van der Waals surface area contributed by atoms with Crippen molar-refractivity contribution in [3.8, 4) is 0 Å². The molecule has 4 rings (SSSR count). The zero-order valence-corrected chi connectivity index (χ0v) is 21.1. The molecule has 0 aliphatic carbocycles. The van der Waals surface area contributed by atoms with Crippen LogP contribution in [0.4, 0.5) is 0 Å². The zero-order valence-electron chi connectivity index (χ0n) is 21.1. The number of aromatic amines is 2. The van der Waals surface area contributed by atoms with E-state index in [-0.39, 0.29) is 27.7 Å². The van der Waals surface area contributed by atoms with Gasteiger partial charge in [0, 0.05) is 31.9 Å². The quantitative estimate of drug-likeness (QED) is 0.536.